The SMILES string of the molecule is COCC(C)n1c(C)cc(C(=O)COC(=O)c2ccnc(Cl)c2)c1C. The number of halogens is 1. The van der Waals surface area contributed by atoms with Crippen LogP contribution in [0, 0.1) is 13.8 Å². The molecule has 0 aliphatic carbocycles. The van der Waals surface area contributed by atoms with Crippen LogP contribution in [0.5, 0.6) is 0 Å². The summed E-state index contributed by atoms with van der Waals surface area (Å²) in [6.45, 7) is 6.03. The number of carbonyl (C=O) groups is 2. The van der Waals surface area contributed by atoms with Crippen LogP contribution >= 0.6 is 11.6 Å². The van der Waals surface area contributed by atoms with E-state index < -0.39 is 5.97 Å². The fourth-order valence-corrected chi connectivity index (χ4v) is 3.05. The van der Waals surface area contributed by atoms with Gasteiger partial charge in [-0.3, -0.25) is 4.79 Å². The number of aryl methyl sites for hydroxylation is 1. The van der Waals surface area contributed by atoms with Crippen molar-refractivity contribution in [2.75, 3.05) is 20.3 Å². The van der Waals surface area contributed by atoms with Gasteiger partial charge in [0.25, 0.3) is 0 Å². The van der Waals surface area contributed by atoms with Crippen LogP contribution in [0.3, 0.4) is 0 Å². The number of ketones is 1. The number of nitrogens with zero attached hydrogens (tertiary/aromatic N) is 2. The Kier molecular flexibility index (Phi) is 6.33. The molecule has 2 rings (SSSR count). The van der Waals surface area contributed by atoms with Gasteiger partial charge in [0.2, 0.25) is 5.78 Å². The average Bonchev–Trinajstić information content (AvgIpc) is 2.87. The molecule has 0 spiro atoms. The molecule has 2 aromatic rings. The molecule has 25 heavy (non-hydrogen) atoms. The fourth-order valence-electron chi connectivity index (χ4n) is 2.87. The number of pyridine rings is 1. The Morgan fingerprint density at radius 2 is 2.04 bits per heavy atom. The number of Topliss-reactive ketones (excluding diaryl/α,β-unsaturated/α-hetero) is 1. The number of aromatic nitrogens is 2. The number of methoxy groups -OCH3 is 1. The zero-order valence-corrected chi connectivity index (χ0v) is 15.5. The van der Waals surface area contributed by atoms with Crippen LogP contribution in [0.4, 0.5) is 0 Å². The molecule has 0 bridgehead atoms. The summed E-state index contributed by atoms with van der Waals surface area (Å²) in [5.41, 5.74) is 2.58. The maximum Gasteiger partial charge on any atom is 0.338 e. The van der Waals surface area contributed by atoms with Gasteiger partial charge < -0.3 is 14.0 Å². The zero-order chi connectivity index (χ0) is 18.6. The zero-order valence-electron chi connectivity index (χ0n) is 14.7. The van der Waals surface area contributed by atoms with Crippen molar-refractivity contribution >= 4 is 23.4 Å². The van der Waals surface area contributed by atoms with E-state index >= 15 is 0 Å². The highest BCUT2D eigenvalue weighted by Gasteiger charge is 2.20. The van der Waals surface area contributed by atoms with Crippen LogP contribution in [0.15, 0.2) is 24.4 Å². The summed E-state index contributed by atoms with van der Waals surface area (Å²) in [5, 5.41) is 0.191. The number of ether oxygens (including phenoxy) is 2. The molecule has 2 aromatic heterocycles. The lowest BCUT2D eigenvalue weighted by Gasteiger charge is -2.17. The summed E-state index contributed by atoms with van der Waals surface area (Å²) in [6.07, 6.45) is 1.41. The second-order valence-corrected chi connectivity index (χ2v) is 6.21. The summed E-state index contributed by atoms with van der Waals surface area (Å²) in [7, 11) is 1.64. The van der Waals surface area contributed by atoms with E-state index in [1.807, 2.05) is 25.3 Å². The lowest BCUT2D eigenvalue weighted by atomic mass is 10.1. The van der Waals surface area contributed by atoms with E-state index in [1.54, 1.807) is 13.2 Å². The van der Waals surface area contributed by atoms with Crippen molar-refractivity contribution in [1.82, 2.24) is 9.55 Å². The summed E-state index contributed by atoms with van der Waals surface area (Å²) in [5.74, 6) is -0.864. The number of hydrogen-bond acceptors (Lipinski definition) is 5. The quantitative estimate of drug-likeness (QED) is 0.428. The molecular formula is C18H21ClN2O4. The summed E-state index contributed by atoms with van der Waals surface area (Å²) in [6, 6.07) is 4.79. The van der Waals surface area contributed by atoms with Crippen molar-refractivity contribution in [2.24, 2.45) is 0 Å². The molecule has 0 aliphatic rings. The van der Waals surface area contributed by atoms with Crippen LogP contribution in [0.1, 0.15) is 45.1 Å². The molecule has 0 amide bonds. The van der Waals surface area contributed by atoms with Gasteiger partial charge in [-0.2, -0.15) is 0 Å². The first-order valence-electron chi connectivity index (χ1n) is 7.84. The van der Waals surface area contributed by atoms with Crippen molar-refractivity contribution in [1.29, 1.82) is 0 Å². The van der Waals surface area contributed by atoms with Gasteiger partial charge in [0.15, 0.2) is 6.61 Å². The lowest BCUT2D eigenvalue weighted by molar-refractivity contribution is 0.0474. The average molecular weight is 365 g/mol. The molecular weight excluding hydrogens is 344 g/mol. The van der Waals surface area contributed by atoms with Crippen LogP contribution in [-0.4, -0.2) is 41.6 Å². The Labute approximate surface area is 151 Å². The first kappa shape index (κ1) is 19.1. The summed E-state index contributed by atoms with van der Waals surface area (Å²) >= 11 is 5.74. The molecule has 6 nitrogen and oxygen atoms in total. The third-order valence-corrected chi connectivity index (χ3v) is 4.14. The molecule has 1 atom stereocenters. The smallest absolute Gasteiger partial charge is 0.338 e. The van der Waals surface area contributed by atoms with Gasteiger partial charge in [-0.15, -0.1) is 0 Å². The molecule has 0 aromatic carbocycles. The number of rotatable bonds is 7. The van der Waals surface area contributed by atoms with Gasteiger partial charge in [-0.25, -0.2) is 9.78 Å². The Hall–Kier alpha value is -2.18. The first-order chi connectivity index (χ1) is 11.8. The summed E-state index contributed by atoms with van der Waals surface area (Å²) in [4.78, 5) is 28.3. The maximum atomic E-state index is 12.5. The first-order valence-corrected chi connectivity index (χ1v) is 8.22. The molecule has 7 heteroatoms. The van der Waals surface area contributed by atoms with E-state index in [0.29, 0.717) is 12.2 Å². The minimum absolute atomic E-state index is 0.105. The van der Waals surface area contributed by atoms with Gasteiger partial charge in [0.1, 0.15) is 5.15 Å². The molecule has 134 valence electrons. The molecule has 2 heterocycles. The van der Waals surface area contributed by atoms with Gasteiger partial charge in [0, 0.05) is 30.3 Å². The minimum atomic E-state index is -0.612. The highest BCUT2D eigenvalue weighted by atomic mass is 35.5. The Balaban J connectivity index is 2.09. The highest BCUT2D eigenvalue weighted by molar-refractivity contribution is 6.29. The lowest BCUT2D eigenvalue weighted by Crippen LogP contribution is -2.17. The number of carbonyl (C=O) groups excluding carboxylic acids is 2. The number of hydrogen-bond donors (Lipinski definition) is 0. The molecule has 0 radical (unpaired) electrons. The second kappa shape index (κ2) is 8.27. The van der Waals surface area contributed by atoms with Crippen molar-refractivity contribution in [2.45, 2.75) is 26.8 Å². The predicted molar refractivity (Wildman–Crippen MR) is 94.4 cm³/mol. The van der Waals surface area contributed by atoms with Crippen molar-refractivity contribution in [3.8, 4) is 0 Å². The minimum Gasteiger partial charge on any atom is -0.454 e. The van der Waals surface area contributed by atoms with Gasteiger partial charge in [-0.05, 0) is 39.0 Å². The molecule has 0 saturated heterocycles. The second-order valence-electron chi connectivity index (χ2n) is 5.83. The van der Waals surface area contributed by atoms with Crippen molar-refractivity contribution in [3.63, 3.8) is 0 Å². The van der Waals surface area contributed by atoms with E-state index in [-0.39, 0.29) is 29.1 Å². The van der Waals surface area contributed by atoms with Crippen LogP contribution in [-0.2, 0) is 9.47 Å². The standard InChI is InChI=1S/C18H21ClN2O4/c1-11-7-15(13(3)21(11)12(2)9-24-4)16(22)10-25-18(23)14-5-6-20-17(19)8-14/h5-8,12H,9-10H2,1-4H3. The highest BCUT2D eigenvalue weighted by Crippen LogP contribution is 2.21. The monoisotopic (exact) mass is 364 g/mol. The Morgan fingerprint density at radius 3 is 2.68 bits per heavy atom. The topological polar surface area (TPSA) is 70.4 Å². The van der Waals surface area contributed by atoms with Crippen molar-refractivity contribution < 1.29 is 19.1 Å². The van der Waals surface area contributed by atoms with Crippen LogP contribution in [0.25, 0.3) is 0 Å². The molecule has 0 fully saturated rings. The molecule has 1 unspecified atom stereocenters. The van der Waals surface area contributed by atoms with Crippen molar-refractivity contribution in [3.05, 3.63) is 52.1 Å². The molecule has 0 aliphatic heterocycles. The van der Waals surface area contributed by atoms with Gasteiger partial charge in [-0.1, -0.05) is 11.6 Å². The molecule has 0 saturated carbocycles. The van der Waals surface area contributed by atoms with E-state index in [0.717, 1.165) is 11.4 Å². The van der Waals surface area contributed by atoms with Gasteiger partial charge in [0.05, 0.1) is 18.2 Å². The maximum absolute atomic E-state index is 12.5. The van der Waals surface area contributed by atoms with Crippen LogP contribution < -0.4 is 0 Å². The van der Waals surface area contributed by atoms with Gasteiger partial charge >= 0.3 is 5.97 Å². The summed E-state index contributed by atoms with van der Waals surface area (Å²) < 4.78 is 12.3. The largest absolute Gasteiger partial charge is 0.454 e. The number of esters is 1. The predicted octanol–water partition coefficient (Wildman–Crippen LogP) is 3.40. The Morgan fingerprint density at radius 1 is 1.32 bits per heavy atom. The Bertz CT molecular complexity index is 785. The van der Waals surface area contributed by atoms with E-state index in [4.69, 9.17) is 21.1 Å². The third-order valence-electron chi connectivity index (χ3n) is 3.93. The van der Waals surface area contributed by atoms with E-state index in [1.165, 1.54) is 18.3 Å². The third kappa shape index (κ3) is 4.46. The fraction of sp³-hybridized carbons (Fsp3) is 0.389. The van der Waals surface area contributed by atoms with E-state index in [9.17, 15) is 9.59 Å². The normalized spacial score (nSPS) is 12.0. The molecule has 0 N–H and O–H groups in total. The van der Waals surface area contributed by atoms with E-state index in [2.05, 4.69) is 4.98 Å². The van der Waals surface area contributed by atoms with Crippen LogP contribution in [0.2, 0.25) is 5.15 Å².